The normalized spacial score (nSPS) is 15.8. The van der Waals surface area contributed by atoms with Crippen LogP contribution in [0.5, 0.6) is 0 Å². The van der Waals surface area contributed by atoms with Gasteiger partial charge in [0.05, 0.1) is 0 Å². The highest BCUT2D eigenvalue weighted by atomic mass is 15.3. The molecule has 1 aromatic carbocycles. The van der Waals surface area contributed by atoms with E-state index in [0.717, 1.165) is 44.1 Å². The maximum atomic E-state index is 4.57. The molecule has 0 atom stereocenters. The molecule has 24 heavy (non-hydrogen) atoms. The van der Waals surface area contributed by atoms with Crippen LogP contribution in [0, 0.1) is 0 Å². The molecule has 0 radical (unpaired) electrons. The Hall–Kier alpha value is -2.14. The number of rotatable bonds is 5. The fourth-order valence-corrected chi connectivity index (χ4v) is 3.38. The predicted octanol–water partition coefficient (Wildman–Crippen LogP) is 2.64. The highest BCUT2D eigenvalue weighted by molar-refractivity contribution is 5.61. The molecule has 5 nitrogen and oxygen atoms in total. The van der Waals surface area contributed by atoms with E-state index in [4.69, 9.17) is 0 Å². The van der Waals surface area contributed by atoms with Crippen molar-refractivity contribution < 1.29 is 0 Å². The quantitative estimate of drug-likeness (QED) is 0.844. The third-order valence-electron chi connectivity index (χ3n) is 4.75. The van der Waals surface area contributed by atoms with Crippen molar-refractivity contribution in [3.05, 3.63) is 48.3 Å². The van der Waals surface area contributed by atoms with Crippen LogP contribution in [0.2, 0.25) is 0 Å². The smallest absolute Gasteiger partial charge is 0.171 e. The van der Waals surface area contributed by atoms with Crippen LogP contribution >= 0.6 is 0 Å². The van der Waals surface area contributed by atoms with Gasteiger partial charge in [-0.1, -0.05) is 30.3 Å². The van der Waals surface area contributed by atoms with E-state index in [-0.39, 0.29) is 0 Å². The molecule has 1 aliphatic rings. The summed E-state index contributed by atoms with van der Waals surface area (Å²) in [5.74, 6) is 1.96. The number of benzene rings is 1. The highest BCUT2D eigenvalue weighted by Gasteiger charge is 2.25. The van der Waals surface area contributed by atoms with Crippen LogP contribution in [-0.4, -0.2) is 55.1 Å². The van der Waals surface area contributed by atoms with Crippen molar-refractivity contribution >= 4 is 11.6 Å². The third kappa shape index (κ3) is 3.85. The SMILES string of the molecule is CN(C)c1nccnc1N1CCC(N(C)Cc2ccccc2)CC1. The number of hydrogen-bond acceptors (Lipinski definition) is 5. The summed E-state index contributed by atoms with van der Waals surface area (Å²) >= 11 is 0. The second-order valence-electron chi connectivity index (χ2n) is 6.72. The molecule has 3 rings (SSSR count). The zero-order valence-corrected chi connectivity index (χ0v) is 14.9. The van der Waals surface area contributed by atoms with Crippen molar-refractivity contribution in [2.45, 2.75) is 25.4 Å². The summed E-state index contributed by atoms with van der Waals surface area (Å²) in [5.41, 5.74) is 1.38. The fraction of sp³-hybridized carbons (Fsp3) is 0.474. The summed E-state index contributed by atoms with van der Waals surface area (Å²) in [6.45, 7) is 3.08. The van der Waals surface area contributed by atoms with Gasteiger partial charge in [0.25, 0.3) is 0 Å². The Labute approximate surface area is 144 Å². The molecular weight excluding hydrogens is 298 g/mol. The summed E-state index contributed by atoms with van der Waals surface area (Å²) in [5, 5.41) is 0. The van der Waals surface area contributed by atoms with Gasteiger partial charge in [0.15, 0.2) is 11.6 Å². The zero-order valence-electron chi connectivity index (χ0n) is 14.9. The number of nitrogens with zero attached hydrogens (tertiary/aromatic N) is 5. The van der Waals surface area contributed by atoms with E-state index < -0.39 is 0 Å². The van der Waals surface area contributed by atoms with Gasteiger partial charge in [0.2, 0.25) is 0 Å². The molecule has 0 bridgehead atoms. The molecule has 128 valence electrons. The van der Waals surface area contributed by atoms with E-state index in [1.165, 1.54) is 5.56 Å². The van der Waals surface area contributed by atoms with Crippen molar-refractivity contribution in [3.8, 4) is 0 Å². The molecule has 1 aromatic heterocycles. The molecule has 0 unspecified atom stereocenters. The first-order valence-corrected chi connectivity index (χ1v) is 8.62. The monoisotopic (exact) mass is 325 g/mol. The molecule has 0 saturated carbocycles. The van der Waals surface area contributed by atoms with Gasteiger partial charge < -0.3 is 9.80 Å². The molecular formula is C19H27N5. The molecule has 2 aromatic rings. The van der Waals surface area contributed by atoms with Crippen LogP contribution < -0.4 is 9.80 Å². The first-order valence-electron chi connectivity index (χ1n) is 8.62. The number of anilines is 2. The van der Waals surface area contributed by atoms with E-state index in [0.29, 0.717) is 6.04 Å². The van der Waals surface area contributed by atoms with Crippen molar-refractivity contribution in [2.24, 2.45) is 0 Å². The molecule has 5 heteroatoms. The minimum absolute atomic E-state index is 0.626. The van der Waals surface area contributed by atoms with Crippen LogP contribution in [0.25, 0.3) is 0 Å². The molecule has 0 N–H and O–H groups in total. The maximum Gasteiger partial charge on any atom is 0.171 e. The van der Waals surface area contributed by atoms with Gasteiger partial charge >= 0.3 is 0 Å². The Kier molecular flexibility index (Phi) is 5.30. The van der Waals surface area contributed by atoms with Gasteiger partial charge in [0.1, 0.15) is 0 Å². The van der Waals surface area contributed by atoms with Gasteiger partial charge in [-0.15, -0.1) is 0 Å². The minimum atomic E-state index is 0.626. The molecule has 1 saturated heterocycles. The Morgan fingerprint density at radius 3 is 2.33 bits per heavy atom. The lowest BCUT2D eigenvalue weighted by molar-refractivity contribution is 0.200. The van der Waals surface area contributed by atoms with Crippen LogP contribution in [-0.2, 0) is 6.54 Å². The molecule has 0 aliphatic carbocycles. The lowest BCUT2D eigenvalue weighted by Crippen LogP contribution is -2.43. The topological polar surface area (TPSA) is 35.5 Å². The van der Waals surface area contributed by atoms with E-state index in [1.807, 2.05) is 19.0 Å². The standard InChI is InChI=1S/C19H27N5/c1-22(2)18-19(21-12-11-20-18)24-13-9-17(10-14-24)23(3)15-16-7-5-4-6-8-16/h4-8,11-12,17H,9-10,13-15H2,1-3H3. The van der Waals surface area contributed by atoms with Gasteiger partial charge in [0, 0.05) is 52.2 Å². The number of hydrogen-bond donors (Lipinski definition) is 0. The minimum Gasteiger partial charge on any atom is -0.360 e. The van der Waals surface area contributed by atoms with Crippen LogP contribution in [0.3, 0.4) is 0 Å². The van der Waals surface area contributed by atoms with E-state index in [1.54, 1.807) is 12.4 Å². The summed E-state index contributed by atoms with van der Waals surface area (Å²) in [4.78, 5) is 15.9. The summed E-state index contributed by atoms with van der Waals surface area (Å²) in [7, 11) is 6.28. The van der Waals surface area contributed by atoms with Gasteiger partial charge in [-0.25, -0.2) is 9.97 Å². The Morgan fingerprint density at radius 1 is 1.00 bits per heavy atom. The average molecular weight is 325 g/mol. The number of piperidine rings is 1. The van der Waals surface area contributed by atoms with Crippen molar-refractivity contribution in [3.63, 3.8) is 0 Å². The van der Waals surface area contributed by atoms with E-state index >= 15 is 0 Å². The summed E-state index contributed by atoms with van der Waals surface area (Å²) in [6.07, 6.45) is 5.87. The van der Waals surface area contributed by atoms with E-state index in [9.17, 15) is 0 Å². The van der Waals surface area contributed by atoms with Gasteiger partial charge in [-0.3, -0.25) is 4.90 Å². The summed E-state index contributed by atoms with van der Waals surface area (Å²) < 4.78 is 0. The molecule has 2 heterocycles. The lowest BCUT2D eigenvalue weighted by Gasteiger charge is -2.38. The zero-order chi connectivity index (χ0) is 16.9. The Balaban J connectivity index is 1.60. The number of aromatic nitrogens is 2. The van der Waals surface area contributed by atoms with Crippen molar-refractivity contribution in [1.29, 1.82) is 0 Å². The van der Waals surface area contributed by atoms with Gasteiger partial charge in [-0.05, 0) is 25.5 Å². The fourth-order valence-electron chi connectivity index (χ4n) is 3.38. The first kappa shape index (κ1) is 16.7. The summed E-state index contributed by atoms with van der Waals surface area (Å²) in [6, 6.07) is 11.3. The predicted molar refractivity (Wildman–Crippen MR) is 99.5 cm³/mol. The average Bonchev–Trinajstić information content (AvgIpc) is 2.62. The highest BCUT2D eigenvalue weighted by Crippen LogP contribution is 2.27. The Bertz CT molecular complexity index is 635. The second kappa shape index (κ2) is 7.62. The molecule has 1 fully saturated rings. The largest absolute Gasteiger partial charge is 0.360 e. The van der Waals surface area contributed by atoms with Crippen molar-refractivity contribution in [1.82, 2.24) is 14.9 Å². The van der Waals surface area contributed by atoms with Crippen LogP contribution in [0.4, 0.5) is 11.6 Å². The van der Waals surface area contributed by atoms with Crippen molar-refractivity contribution in [2.75, 3.05) is 44.0 Å². The lowest BCUT2D eigenvalue weighted by atomic mass is 10.0. The van der Waals surface area contributed by atoms with Crippen LogP contribution in [0.15, 0.2) is 42.7 Å². The molecule has 0 spiro atoms. The molecule has 0 amide bonds. The third-order valence-corrected chi connectivity index (χ3v) is 4.75. The second-order valence-corrected chi connectivity index (χ2v) is 6.72. The Morgan fingerprint density at radius 2 is 1.67 bits per heavy atom. The van der Waals surface area contributed by atoms with Crippen LogP contribution in [0.1, 0.15) is 18.4 Å². The first-order chi connectivity index (χ1) is 11.6. The van der Waals surface area contributed by atoms with Gasteiger partial charge in [-0.2, -0.15) is 0 Å². The maximum absolute atomic E-state index is 4.57. The molecule has 1 aliphatic heterocycles. The van der Waals surface area contributed by atoms with E-state index in [2.05, 4.69) is 57.1 Å².